The van der Waals surface area contributed by atoms with Crippen molar-refractivity contribution in [2.75, 3.05) is 13.2 Å². The average molecular weight is 299 g/mol. The van der Waals surface area contributed by atoms with E-state index < -0.39 is 6.61 Å². The van der Waals surface area contributed by atoms with Gasteiger partial charge in [0.1, 0.15) is 0 Å². The van der Waals surface area contributed by atoms with E-state index in [-0.39, 0.29) is 11.8 Å². The minimum atomic E-state index is -2.86. The number of rotatable bonds is 8. The second-order valence-corrected chi connectivity index (χ2v) is 4.69. The largest absolute Gasteiger partial charge is 0.490 e. The predicted molar refractivity (Wildman–Crippen MR) is 81.0 cm³/mol. The van der Waals surface area contributed by atoms with Crippen molar-refractivity contribution in [3.8, 4) is 11.5 Å². The van der Waals surface area contributed by atoms with Gasteiger partial charge in [-0.1, -0.05) is 24.6 Å². The highest BCUT2D eigenvalue weighted by Gasteiger charge is 2.11. The Labute approximate surface area is 124 Å². The lowest BCUT2D eigenvalue weighted by atomic mass is 10.1. The number of likely N-dealkylation sites (N-methyl/N-ethyl adjacent to an activating group) is 1. The number of nitrogens with one attached hydrogen (secondary N) is 1. The van der Waals surface area contributed by atoms with Gasteiger partial charge in [0.15, 0.2) is 11.5 Å². The van der Waals surface area contributed by atoms with E-state index in [1.54, 1.807) is 19.1 Å². The monoisotopic (exact) mass is 299 g/mol. The number of hydrogen-bond acceptors (Lipinski definition) is 3. The minimum Gasteiger partial charge on any atom is -0.490 e. The van der Waals surface area contributed by atoms with Gasteiger partial charge in [-0.05, 0) is 45.0 Å². The maximum Gasteiger partial charge on any atom is 0.387 e. The molecule has 0 spiro atoms. The van der Waals surface area contributed by atoms with Crippen molar-refractivity contribution in [2.45, 2.75) is 40.3 Å². The summed E-state index contributed by atoms with van der Waals surface area (Å²) in [6.07, 6.45) is 2.00. The normalized spacial score (nSPS) is 13.4. The van der Waals surface area contributed by atoms with E-state index in [1.165, 1.54) is 6.07 Å². The fraction of sp³-hybridized carbons (Fsp3) is 0.500. The number of benzene rings is 1. The molecule has 1 N–H and O–H groups in total. The maximum atomic E-state index is 12.3. The fourth-order valence-electron chi connectivity index (χ4n) is 1.93. The summed E-state index contributed by atoms with van der Waals surface area (Å²) >= 11 is 0. The zero-order chi connectivity index (χ0) is 15.8. The van der Waals surface area contributed by atoms with Gasteiger partial charge in [-0.2, -0.15) is 8.78 Å². The van der Waals surface area contributed by atoms with E-state index in [0.29, 0.717) is 12.4 Å². The van der Waals surface area contributed by atoms with Gasteiger partial charge in [0.2, 0.25) is 0 Å². The van der Waals surface area contributed by atoms with Crippen molar-refractivity contribution in [1.29, 1.82) is 0 Å². The van der Waals surface area contributed by atoms with Gasteiger partial charge in [0.25, 0.3) is 0 Å². The molecule has 1 unspecified atom stereocenters. The summed E-state index contributed by atoms with van der Waals surface area (Å²) in [7, 11) is 0. The molecule has 1 atom stereocenters. The number of halogens is 2. The average Bonchev–Trinajstić information content (AvgIpc) is 2.41. The van der Waals surface area contributed by atoms with Crippen LogP contribution in [0.25, 0.3) is 6.08 Å². The van der Waals surface area contributed by atoms with E-state index in [9.17, 15) is 8.78 Å². The fourth-order valence-corrected chi connectivity index (χ4v) is 1.93. The molecule has 1 aromatic rings. The molecular weight excluding hydrogens is 276 g/mol. The molecular formula is C16H23F2NO2. The van der Waals surface area contributed by atoms with Gasteiger partial charge in [0.05, 0.1) is 6.61 Å². The van der Waals surface area contributed by atoms with Crippen LogP contribution in [0.15, 0.2) is 23.8 Å². The molecule has 0 saturated heterocycles. The first-order valence-corrected chi connectivity index (χ1v) is 7.11. The molecule has 0 saturated carbocycles. The standard InChI is InChI=1S/C16H23F2NO2/c1-5-19-12(4)11(3)9-13-7-8-14(21-16(17)18)15(10-13)20-6-2/h7-10,12,16,19H,5-6H2,1-4H3/b11-9+. The van der Waals surface area contributed by atoms with Crippen LogP contribution in [0, 0.1) is 0 Å². The van der Waals surface area contributed by atoms with Gasteiger partial charge in [-0.15, -0.1) is 0 Å². The van der Waals surface area contributed by atoms with Crippen molar-refractivity contribution in [3.05, 3.63) is 29.3 Å². The molecule has 118 valence electrons. The Bertz CT molecular complexity index is 475. The molecule has 0 radical (unpaired) electrons. The Balaban J connectivity index is 2.99. The summed E-state index contributed by atoms with van der Waals surface area (Å²) in [5.41, 5.74) is 2.05. The molecule has 0 aliphatic rings. The summed E-state index contributed by atoms with van der Waals surface area (Å²) in [6.45, 7) is 6.36. The van der Waals surface area contributed by atoms with Crippen LogP contribution in [0.4, 0.5) is 8.78 Å². The van der Waals surface area contributed by atoms with E-state index in [2.05, 4.69) is 17.0 Å². The molecule has 0 bridgehead atoms. The zero-order valence-corrected chi connectivity index (χ0v) is 13.0. The number of ether oxygens (including phenoxy) is 2. The Morgan fingerprint density at radius 1 is 1.29 bits per heavy atom. The summed E-state index contributed by atoms with van der Waals surface area (Å²) in [5, 5.41) is 3.32. The summed E-state index contributed by atoms with van der Waals surface area (Å²) < 4.78 is 34.5. The highest BCUT2D eigenvalue weighted by atomic mass is 19.3. The van der Waals surface area contributed by atoms with Gasteiger partial charge in [0, 0.05) is 6.04 Å². The maximum absolute atomic E-state index is 12.3. The molecule has 0 fully saturated rings. The molecule has 21 heavy (non-hydrogen) atoms. The van der Waals surface area contributed by atoms with E-state index >= 15 is 0 Å². The minimum absolute atomic E-state index is 0.0568. The van der Waals surface area contributed by atoms with Crippen molar-refractivity contribution < 1.29 is 18.3 Å². The summed E-state index contributed by atoms with van der Waals surface area (Å²) in [5.74, 6) is 0.386. The van der Waals surface area contributed by atoms with Gasteiger partial charge < -0.3 is 14.8 Å². The highest BCUT2D eigenvalue weighted by Crippen LogP contribution is 2.30. The molecule has 3 nitrogen and oxygen atoms in total. The molecule has 0 amide bonds. The summed E-state index contributed by atoms with van der Waals surface area (Å²) in [6, 6.07) is 5.21. The lowest BCUT2D eigenvalue weighted by molar-refractivity contribution is -0.0514. The van der Waals surface area contributed by atoms with Crippen molar-refractivity contribution >= 4 is 6.08 Å². The highest BCUT2D eigenvalue weighted by molar-refractivity contribution is 5.58. The van der Waals surface area contributed by atoms with Crippen LogP contribution in [0.1, 0.15) is 33.3 Å². The third kappa shape index (κ3) is 5.71. The van der Waals surface area contributed by atoms with Gasteiger partial charge in [-0.25, -0.2) is 0 Å². The van der Waals surface area contributed by atoms with E-state index in [1.807, 2.05) is 19.9 Å². The Kier molecular flexibility index (Phi) is 7.15. The van der Waals surface area contributed by atoms with Crippen LogP contribution in [0.3, 0.4) is 0 Å². The van der Waals surface area contributed by atoms with Crippen LogP contribution in [-0.2, 0) is 0 Å². The molecule has 0 aliphatic carbocycles. The molecule has 0 aromatic heterocycles. The topological polar surface area (TPSA) is 30.5 Å². The number of hydrogen-bond donors (Lipinski definition) is 1. The molecule has 0 heterocycles. The second-order valence-electron chi connectivity index (χ2n) is 4.69. The van der Waals surface area contributed by atoms with Crippen LogP contribution in [0.2, 0.25) is 0 Å². The predicted octanol–water partition coefficient (Wildman–Crippen LogP) is 4.09. The van der Waals surface area contributed by atoms with E-state index in [4.69, 9.17) is 4.74 Å². The molecule has 1 rings (SSSR count). The lowest BCUT2D eigenvalue weighted by Gasteiger charge is -2.14. The first-order valence-electron chi connectivity index (χ1n) is 7.11. The smallest absolute Gasteiger partial charge is 0.387 e. The zero-order valence-electron chi connectivity index (χ0n) is 13.0. The first kappa shape index (κ1) is 17.4. The second kappa shape index (κ2) is 8.62. The van der Waals surface area contributed by atoms with Crippen LogP contribution < -0.4 is 14.8 Å². The van der Waals surface area contributed by atoms with Gasteiger partial charge in [-0.3, -0.25) is 0 Å². The SMILES string of the molecule is CCNC(C)/C(C)=C/c1ccc(OC(F)F)c(OCC)c1. The quantitative estimate of drug-likeness (QED) is 0.784. The third-order valence-corrected chi connectivity index (χ3v) is 3.07. The number of alkyl halides is 2. The Hall–Kier alpha value is -1.62. The Morgan fingerprint density at radius 3 is 2.57 bits per heavy atom. The summed E-state index contributed by atoms with van der Waals surface area (Å²) in [4.78, 5) is 0. The van der Waals surface area contributed by atoms with Crippen molar-refractivity contribution in [1.82, 2.24) is 5.32 Å². The molecule has 1 aromatic carbocycles. The van der Waals surface area contributed by atoms with Crippen molar-refractivity contribution in [3.63, 3.8) is 0 Å². The molecule has 5 heteroatoms. The van der Waals surface area contributed by atoms with Gasteiger partial charge >= 0.3 is 6.61 Å². The van der Waals surface area contributed by atoms with E-state index in [0.717, 1.165) is 17.7 Å². The molecule has 0 aliphatic heterocycles. The first-order chi connectivity index (χ1) is 9.97. The van der Waals surface area contributed by atoms with Crippen LogP contribution in [0.5, 0.6) is 11.5 Å². The Morgan fingerprint density at radius 2 is 2.00 bits per heavy atom. The van der Waals surface area contributed by atoms with Crippen molar-refractivity contribution in [2.24, 2.45) is 0 Å². The van der Waals surface area contributed by atoms with Crippen LogP contribution in [-0.4, -0.2) is 25.8 Å². The third-order valence-electron chi connectivity index (χ3n) is 3.07. The lowest BCUT2D eigenvalue weighted by Crippen LogP contribution is -2.26. The van der Waals surface area contributed by atoms with Crippen LogP contribution >= 0.6 is 0 Å².